The number of aryl methyl sites for hydroxylation is 2. The van der Waals surface area contributed by atoms with Crippen LogP contribution in [0.1, 0.15) is 11.3 Å². The second-order valence-electron chi connectivity index (χ2n) is 4.66. The van der Waals surface area contributed by atoms with E-state index in [2.05, 4.69) is 46.8 Å². The van der Waals surface area contributed by atoms with E-state index < -0.39 is 0 Å². The van der Waals surface area contributed by atoms with Gasteiger partial charge >= 0.3 is 0 Å². The number of hydrogen-bond donors (Lipinski definition) is 0. The lowest BCUT2D eigenvalue weighted by atomic mass is 10.1. The third-order valence-corrected chi connectivity index (χ3v) is 3.38. The highest BCUT2D eigenvalue weighted by Gasteiger charge is 2.11. The van der Waals surface area contributed by atoms with E-state index in [0.717, 1.165) is 28.3 Å². The number of ether oxygens (including phenoxy) is 1. The molecular weight excluding hydrogens is 236 g/mol. The molecule has 0 N–H and O–H groups in total. The molecule has 0 bridgehead atoms. The van der Waals surface area contributed by atoms with Gasteiger partial charge in [-0.1, -0.05) is 6.07 Å². The van der Waals surface area contributed by atoms with E-state index in [9.17, 15) is 0 Å². The van der Waals surface area contributed by atoms with Gasteiger partial charge in [0, 0.05) is 11.8 Å². The molecule has 0 aliphatic rings. The zero-order valence-corrected chi connectivity index (χ0v) is 11.3. The standard InChI is InChI=1S/C16H16N2O/c1-11-5-4-10-18-15(12(2)17-16(11)18)13-6-8-14(19-3)9-7-13/h4-10H,1-3H3. The fraction of sp³-hybridized carbons (Fsp3) is 0.188. The van der Waals surface area contributed by atoms with E-state index in [0.29, 0.717) is 0 Å². The van der Waals surface area contributed by atoms with Crippen LogP contribution in [0.3, 0.4) is 0 Å². The average Bonchev–Trinajstić information content (AvgIpc) is 2.77. The van der Waals surface area contributed by atoms with Crippen LogP contribution in [-0.4, -0.2) is 16.5 Å². The molecule has 0 aliphatic carbocycles. The predicted octanol–water partition coefficient (Wildman–Crippen LogP) is 3.63. The third kappa shape index (κ3) is 1.87. The maximum Gasteiger partial charge on any atom is 0.140 e. The molecule has 0 radical (unpaired) electrons. The summed E-state index contributed by atoms with van der Waals surface area (Å²) in [4.78, 5) is 4.66. The predicted molar refractivity (Wildman–Crippen MR) is 76.7 cm³/mol. The van der Waals surface area contributed by atoms with Gasteiger partial charge in [-0.2, -0.15) is 0 Å². The Hall–Kier alpha value is -2.29. The van der Waals surface area contributed by atoms with Crippen molar-refractivity contribution >= 4 is 5.65 Å². The SMILES string of the molecule is COc1ccc(-c2c(C)nc3c(C)cccn23)cc1. The highest BCUT2D eigenvalue weighted by atomic mass is 16.5. The Morgan fingerprint density at radius 3 is 2.47 bits per heavy atom. The highest BCUT2D eigenvalue weighted by Crippen LogP contribution is 2.27. The van der Waals surface area contributed by atoms with E-state index in [1.165, 1.54) is 5.56 Å². The van der Waals surface area contributed by atoms with Crippen LogP contribution in [-0.2, 0) is 0 Å². The van der Waals surface area contributed by atoms with Gasteiger partial charge in [-0.25, -0.2) is 4.98 Å². The largest absolute Gasteiger partial charge is 0.497 e. The summed E-state index contributed by atoms with van der Waals surface area (Å²) in [5.74, 6) is 0.867. The number of pyridine rings is 1. The molecule has 3 rings (SSSR count). The fourth-order valence-electron chi connectivity index (χ4n) is 2.41. The molecule has 1 aromatic carbocycles. The van der Waals surface area contributed by atoms with Crippen LogP contribution in [0, 0.1) is 13.8 Å². The van der Waals surface area contributed by atoms with Crippen molar-refractivity contribution in [3.05, 3.63) is 53.9 Å². The van der Waals surface area contributed by atoms with Crippen molar-refractivity contribution in [3.8, 4) is 17.0 Å². The molecule has 96 valence electrons. The number of rotatable bonds is 2. The zero-order valence-electron chi connectivity index (χ0n) is 11.3. The first-order chi connectivity index (χ1) is 9.20. The first-order valence-corrected chi connectivity index (χ1v) is 6.29. The number of nitrogens with zero attached hydrogens (tertiary/aromatic N) is 2. The van der Waals surface area contributed by atoms with E-state index >= 15 is 0 Å². The summed E-state index contributed by atoms with van der Waals surface area (Å²) in [5, 5.41) is 0. The minimum Gasteiger partial charge on any atom is -0.497 e. The van der Waals surface area contributed by atoms with Crippen LogP contribution >= 0.6 is 0 Å². The molecule has 2 heterocycles. The van der Waals surface area contributed by atoms with Crippen molar-refractivity contribution in [3.63, 3.8) is 0 Å². The summed E-state index contributed by atoms with van der Waals surface area (Å²) in [6.45, 7) is 4.13. The van der Waals surface area contributed by atoms with Gasteiger partial charge in [-0.05, 0) is 49.7 Å². The van der Waals surface area contributed by atoms with Crippen molar-refractivity contribution in [2.24, 2.45) is 0 Å². The number of imidazole rings is 1. The van der Waals surface area contributed by atoms with Crippen LogP contribution in [0.4, 0.5) is 0 Å². The molecule has 0 aliphatic heterocycles. The van der Waals surface area contributed by atoms with Crippen LogP contribution < -0.4 is 4.74 Å². The third-order valence-electron chi connectivity index (χ3n) is 3.38. The molecule has 3 nitrogen and oxygen atoms in total. The minimum atomic E-state index is 0.867. The number of benzene rings is 1. The molecule has 0 fully saturated rings. The van der Waals surface area contributed by atoms with Crippen molar-refractivity contribution < 1.29 is 4.74 Å². The van der Waals surface area contributed by atoms with Gasteiger partial charge in [-0.3, -0.25) is 4.40 Å². The molecule has 0 amide bonds. The summed E-state index contributed by atoms with van der Waals surface area (Å²) in [5.41, 5.74) is 5.54. The smallest absolute Gasteiger partial charge is 0.140 e. The van der Waals surface area contributed by atoms with Crippen LogP contribution in [0.15, 0.2) is 42.6 Å². The van der Waals surface area contributed by atoms with Gasteiger partial charge in [0.1, 0.15) is 11.4 Å². The Bertz CT molecular complexity index is 726. The van der Waals surface area contributed by atoms with Crippen LogP contribution in [0.25, 0.3) is 16.9 Å². The van der Waals surface area contributed by atoms with Gasteiger partial charge in [-0.15, -0.1) is 0 Å². The summed E-state index contributed by atoms with van der Waals surface area (Å²) < 4.78 is 7.35. The molecule has 0 saturated heterocycles. The quantitative estimate of drug-likeness (QED) is 0.696. The lowest BCUT2D eigenvalue weighted by Crippen LogP contribution is -1.90. The first-order valence-electron chi connectivity index (χ1n) is 6.29. The first kappa shape index (κ1) is 11.8. The molecule has 0 atom stereocenters. The number of fused-ring (bicyclic) bond motifs is 1. The molecule has 3 aromatic rings. The fourth-order valence-corrected chi connectivity index (χ4v) is 2.41. The number of methoxy groups -OCH3 is 1. The lowest BCUT2D eigenvalue weighted by molar-refractivity contribution is 0.415. The second-order valence-corrected chi connectivity index (χ2v) is 4.66. The maximum atomic E-state index is 5.20. The molecule has 19 heavy (non-hydrogen) atoms. The number of hydrogen-bond acceptors (Lipinski definition) is 2. The molecule has 3 heteroatoms. The summed E-state index contributed by atoms with van der Waals surface area (Å²) in [6.07, 6.45) is 2.06. The van der Waals surface area contributed by atoms with Gasteiger partial charge in [0.05, 0.1) is 18.5 Å². The van der Waals surface area contributed by atoms with Crippen molar-refractivity contribution in [1.29, 1.82) is 0 Å². The highest BCUT2D eigenvalue weighted by molar-refractivity contribution is 5.68. The summed E-state index contributed by atoms with van der Waals surface area (Å²) >= 11 is 0. The van der Waals surface area contributed by atoms with Gasteiger partial charge in [0.25, 0.3) is 0 Å². The average molecular weight is 252 g/mol. The van der Waals surface area contributed by atoms with Gasteiger partial charge in [0.2, 0.25) is 0 Å². The van der Waals surface area contributed by atoms with Gasteiger partial charge in [0.15, 0.2) is 0 Å². The van der Waals surface area contributed by atoms with E-state index in [4.69, 9.17) is 4.74 Å². The maximum absolute atomic E-state index is 5.20. The number of aromatic nitrogens is 2. The second kappa shape index (κ2) is 4.43. The van der Waals surface area contributed by atoms with Crippen molar-refractivity contribution in [2.45, 2.75) is 13.8 Å². The van der Waals surface area contributed by atoms with E-state index in [-0.39, 0.29) is 0 Å². The van der Waals surface area contributed by atoms with Crippen molar-refractivity contribution in [2.75, 3.05) is 7.11 Å². The normalized spacial score (nSPS) is 10.9. The molecule has 0 spiro atoms. The Morgan fingerprint density at radius 2 is 1.79 bits per heavy atom. The van der Waals surface area contributed by atoms with Crippen LogP contribution in [0.5, 0.6) is 5.75 Å². The topological polar surface area (TPSA) is 26.5 Å². The van der Waals surface area contributed by atoms with E-state index in [1.807, 2.05) is 19.1 Å². The minimum absolute atomic E-state index is 0.867. The van der Waals surface area contributed by atoms with Crippen LogP contribution in [0.2, 0.25) is 0 Å². The Kier molecular flexibility index (Phi) is 2.75. The summed E-state index contributed by atoms with van der Waals surface area (Å²) in [7, 11) is 1.68. The zero-order chi connectivity index (χ0) is 13.4. The van der Waals surface area contributed by atoms with Crippen molar-refractivity contribution in [1.82, 2.24) is 9.38 Å². The molecule has 0 saturated carbocycles. The Labute approximate surface area is 112 Å². The van der Waals surface area contributed by atoms with Gasteiger partial charge < -0.3 is 4.74 Å². The van der Waals surface area contributed by atoms with E-state index in [1.54, 1.807) is 7.11 Å². The molecule has 2 aromatic heterocycles. The molecular formula is C16H16N2O. The summed E-state index contributed by atoms with van der Waals surface area (Å²) in [6, 6.07) is 12.2. The Morgan fingerprint density at radius 1 is 1.05 bits per heavy atom. The monoisotopic (exact) mass is 252 g/mol. The molecule has 0 unspecified atom stereocenters. The Balaban J connectivity index is 2.23. The lowest BCUT2D eigenvalue weighted by Gasteiger charge is -2.05.